The van der Waals surface area contributed by atoms with E-state index < -0.39 is 18.2 Å². The van der Waals surface area contributed by atoms with Crippen LogP contribution in [0.15, 0.2) is 72.9 Å². The fourth-order valence-corrected chi connectivity index (χ4v) is 1.90. The van der Waals surface area contributed by atoms with Crippen LogP contribution in [-0.2, 0) is 4.79 Å². The quantitative estimate of drug-likeness (QED) is 0.369. The Morgan fingerprint density at radius 3 is 1.92 bits per heavy atom. The second kappa shape index (κ2) is 17.6. The number of carboxylic acid groups (broad SMARTS) is 1. The number of carbonyl (C=O) groups is 1. The third-order valence-electron chi connectivity index (χ3n) is 3.28. The van der Waals surface area contributed by atoms with Crippen molar-refractivity contribution in [3.8, 4) is 0 Å². The van der Waals surface area contributed by atoms with Crippen LogP contribution in [0, 0.1) is 0 Å². The van der Waals surface area contributed by atoms with Gasteiger partial charge in [0.05, 0.1) is 12.2 Å². The normalized spacial score (nSPS) is 15.5. The molecule has 0 aromatic carbocycles. The molecule has 144 valence electrons. The zero-order valence-corrected chi connectivity index (χ0v) is 15.5. The molecule has 4 heteroatoms. The average molecular weight is 359 g/mol. The maximum Gasteiger partial charge on any atom is 0.0758 e. The van der Waals surface area contributed by atoms with Crippen molar-refractivity contribution in [2.75, 3.05) is 0 Å². The lowest BCUT2D eigenvalue weighted by Crippen LogP contribution is -2.21. The van der Waals surface area contributed by atoms with Crippen LogP contribution in [0.5, 0.6) is 0 Å². The van der Waals surface area contributed by atoms with Crippen molar-refractivity contribution in [3.63, 3.8) is 0 Å². The average Bonchev–Trinajstić information content (AvgIpc) is 2.60. The summed E-state index contributed by atoms with van der Waals surface area (Å²) in [4.78, 5) is 10.2. The van der Waals surface area contributed by atoms with Crippen molar-refractivity contribution in [2.24, 2.45) is 0 Å². The van der Waals surface area contributed by atoms with Crippen molar-refractivity contribution < 1.29 is 20.1 Å². The molecular weight excluding hydrogens is 328 g/mol. The molecule has 0 saturated heterocycles. The zero-order valence-electron chi connectivity index (χ0n) is 15.5. The van der Waals surface area contributed by atoms with Crippen LogP contribution >= 0.6 is 0 Å². The van der Waals surface area contributed by atoms with Crippen molar-refractivity contribution in [1.29, 1.82) is 0 Å². The summed E-state index contributed by atoms with van der Waals surface area (Å²) in [6, 6.07) is 0. The van der Waals surface area contributed by atoms with Gasteiger partial charge in [-0.3, -0.25) is 0 Å². The number of carbonyl (C=O) groups excluding carboxylic acids is 1. The number of aliphatic carboxylic acids is 1. The van der Waals surface area contributed by atoms with Crippen LogP contribution in [0.3, 0.4) is 0 Å². The predicted octanol–water partition coefficient (Wildman–Crippen LogP) is 3.16. The van der Waals surface area contributed by atoms with Crippen LogP contribution < -0.4 is 5.11 Å². The molecular formula is C22H31O4-. The summed E-state index contributed by atoms with van der Waals surface area (Å²) >= 11 is 0. The van der Waals surface area contributed by atoms with Gasteiger partial charge in [0.15, 0.2) is 0 Å². The highest BCUT2D eigenvalue weighted by molar-refractivity contribution is 5.64. The highest BCUT2D eigenvalue weighted by atomic mass is 16.4. The second-order valence-electron chi connectivity index (χ2n) is 5.73. The van der Waals surface area contributed by atoms with E-state index in [-0.39, 0.29) is 6.42 Å². The van der Waals surface area contributed by atoms with Gasteiger partial charge in [0.1, 0.15) is 0 Å². The molecule has 2 N–H and O–H groups in total. The fourth-order valence-electron chi connectivity index (χ4n) is 1.90. The lowest BCUT2D eigenvalue weighted by molar-refractivity contribution is -0.305. The maximum absolute atomic E-state index is 10.2. The van der Waals surface area contributed by atoms with Crippen molar-refractivity contribution in [1.82, 2.24) is 0 Å². The van der Waals surface area contributed by atoms with Gasteiger partial charge in [-0.1, -0.05) is 79.8 Å². The summed E-state index contributed by atoms with van der Waals surface area (Å²) in [5, 5.41) is 29.7. The number of allylic oxidation sites excluding steroid dienone is 8. The summed E-state index contributed by atoms with van der Waals surface area (Å²) in [5.41, 5.74) is 0. The van der Waals surface area contributed by atoms with Gasteiger partial charge in [0.25, 0.3) is 0 Å². The first kappa shape index (κ1) is 23.8. The molecule has 0 unspecified atom stereocenters. The smallest absolute Gasteiger partial charge is 0.0758 e. The highest BCUT2D eigenvalue weighted by Gasteiger charge is 1.93. The Hall–Kier alpha value is -2.17. The SMILES string of the molecule is CC/C=C\C[C@@H](O)\C=C/C=C/C=C/[C@H](O)C/C=C\C/C=C\CCC(=O)[O-]. The van der Waals surface area contributed by atoms with Gasteiger partial charge in [-0.2, -0.15) is 0 Å². The molecule has 0 aromatic rings. The number of hydrogen-bond donors (Lipinski definition) is 2. The maximum atomic E-state index is 10.2. The lowest BCUT2D eigenvalue weighted by Gasteiger charge is -1.99. The minimum atomic E-state index is -1.04. The fraction of sp³-hybridized carbons (Fsp3) is 0.409. The summed E-state index contributed by atoms with van der Waals surface area (Å²) in [6.45, 7) is 2.05. The third-order valence-corrected chi connectivity index (χ3v) is 3.28. The van der Waals surface area contributed by atoms with Gasteiger partial charge in [0.2, 0.25) is 0 Å². The van der Waals surface area contributed by atoms with Crippen LogP contribution in [0.2, 0.25) is 0 Å². The predicted molar refractivity (Wildman–Crippen MR) is 105 cm³/mol. The minimum Gasteiger partial charge on any atom is -0.550 e. The van der Waals surface area contributed by atoms with Gasteiger partial charge < -0.3 is 20.1 Å². The van der Waals surface area contributed by atoms with E-state index >= 15 is 0 Å². The molecule has 0 bridgehead atoms. The van der Waals surface area contributed by atoms with Crippen molar-refractivity contribution in [3.05, 3.63) is 72.9 Å². The van der Waals surface area contributed by atoms with E-state index in [1.54, 1.807) is 30.4 Å². The first-order valence-corrected chi connectivity index (χ1v) is 9.08. The Morgan fingerprint density at radius 2 is 1.38 bits per heavy atom. The molecule has 4 nitrogen and oxygen atoms in total. The first-order valence-electron chi connectivity index (χ1n) is 9.08. The van der Waals surface area contributed by atoms with E-state index in [2.05, 4.69) is 6.92 Å². The van der Waals surface area contributed by atoms with Crippen molar-refractivity contribution >= 4 is 5.97 Å². The van der Waals surface area contributed by atoms with E-state index in [0.29, 0.717) is 25.7 Å². The van der Waals surface area contributed by atoms with Crippen LogP contribution in [-0.4, -0.2) is 28.4 Å². The van der Waals surface area contributed by atoms with E-state index in [1.807, 2.05) is 42.5 Å². The molecule has 0 fully saturated rings. The molecule has 0 aliphatic rings. The molecule has 0 radical (unpaired) electrons. The molecule has 26 heavy (non-hydrogen) atoms. The molecule has 0 rings (SSSR count). The Balaban J connectivity index is 3.87. The summed E-state index contributed by atoms with van der Waals surface area (Å²) in [6.07, 6.45) is 24.4. The first-order chi connectivity index (χ1) is 12.6. The van der Waals surface area contributed by atoms with Gasteiger partial charge in [-0.05, 0) is 38.5 Å². The summed E-state index contributed by atoms with van der Waals surface area (Å²) < 4.78 is 0. The molecule has 0 amide bonds. The number of rotatable bonds is 14. The van der Waals surface area contributed by atoms with Crippen LogP contribution in [0.1, 0.15) is 45.4 Å². The number of carboxylic acids is 1. The van der Waals surface area contributed by atoms with Gasteiger partial charge in [0, 0.05) is 5.97 Å². The van der Waals surface area contributed by atoms with E-state index in [1.165, 1.54) is 0 Å². The lowest BCUT2D eigenvalue weighted by atomic mass is 10.2. The van der Waals surface area contributed by atoms with E-state index in [0.717, 1.165) is 6.42 Å². The molecule has 0 heterocycles. The second-order valence-corrected chi connectivity index (χ2v) is 5.73. The van der Waals surface area contributed by atoms with Gasteiger partial charge in [-0.15, -0.1) is 0 Å². The topological polar surface area (TPSA) is 80.6 Å². The standard InChI is InChI=1S/C22H32O4/c1-2-3-10-15-20(23)17-12-8-9-13-18-21(24)16-11-6-4-5-7-14-19-22(25)26/h3,5-13,17-18,20-21,23-24H,2,4,14-16,19H2,1H3,(H,25,26)/p-1/b7-5-,9-8+,10-3-,11-6-,17-12-,18-13+/t20-,21-/m1/s1. The molecule has 0 aliphatic heterocycles. The number of hydrogen-bond acceptors (Lipinski definition) is 4. The van der Waals surface area contributed by atoms with Crippen LogP contribution in [0.4, 0.5) is 0 Å². The molecule has 0 aliphatic carbocycles. The largest absolute Gasteiger partial charge is 0.550 e. The zero-order chi connectivity index (χ0) is 19.5. The molecule has 0 saturated carbocycles. The Labute approximate surface area is 157 Å². The van der Waals surface area contributed by atoms with E-state index in [4.69, 9.17) is 0 Å². The Bertz CT molecular complexity index is 524. The van der Waals surface area contributed by atoms with Gasteiger partial charge in [-0.25, -0.2) is 0 Å². The highest BCUT2D eigenvalue weighted by Crippen LogP contribution is 1.99. The van der Waals surface area contributed by atoms with Crippen LogP contribution in [0.25, 0.3) is 0 Å². The number of aliphatic hydroxyl groups excluding tert-OH is 2. The summed E-state index contributed by atoms with van der Waals surface area (Å²) in [7, 11) is 0. The minimum absolute atomic E-state index is 0.0430. The Kier molecular flexibility index (Phi) is 16.2. The molecule has 0 aromatic heterocycles. The third kappa shape index (κ3) is 18.2. The van der Waals surface area contributed by atoms with E-state index in [9.17, 15) is 20.1 Å². The molecule has 0 spiro atoms. The monoisotopic (exact) mass is 359 g/mol. The molecule has 2 atom stereocenters. The van der Waals surface area contributed by atoms with Crippen molar-refractivity contribution in [2.45, 2.75) is 57.7 Å². The number of aliphatic hydroxyl groups is 2. The van der Waals surface area contributed by atoms with Gasteiger partial charge >= 0.3 is 0 Å². The summed E-state index contributed by atoms with van der Waals surface area (Å²) in [5.74, 6) is -1.04. The Morgan fingerprint density at radius 1 is 0.846 bits per heavy atom.